The zero-order chi connectivity index (χ0) is 11.3. The largest absolute Gasteiger partial charge is 0.293 e. The van der Waals surface area contributed by atoms with Crippen LogP contribution in [0.5, 0.6) is 0 Å². The fourth-order valence-corrected chi connectivity index (χ4v) is 4.34. The molecule has 16 heavy (non-hydrogen) atoms. The van der Waals surface area contributed by atoms with Crippen LogP contribution >= 0.6 is 38.5 Å². The first kappa shape index (κ1) is 11.2. The molecule has 1 aromatic rings. The molecule has 2 aliphatic carbocycles. The van der Waals surface area contributed by atoms with Crippen molar-refractivity contribution in [2.75, 3.05) is 0 Å². The maximum atomic E-state index is 12.6. The number of rotatable bonds is 0. The van der Waals surface area contributed by atoms with E-state index in [1.54, 1.807) is 0 Å². The summed E-state index contributed by atoms with van der Waals surface area (Å²) in [6.45, 7) is 0. The van der Waals surface area contributed by atoms with Gasteiger partial charge in [0.05, 0.1) is 0 Å². The lowest BCUT2D eigenvalue weighted by molar-refractivity contribution is 0.0826. The van der Waals surface area contributed by atoms with Crippen LogP contribution < -0.4 is 0 Å². The molecular formula is C13H12BrIO. The van der Waals surface area contributed by atoms with Crippen molar-refractivity contribution in [3.05, 3.63) is 31.3 Å². The van der Waals surface area contributed by atoms with E-state index in [4.69, 9.17) is 0 Å². The molecule has 0 heterocycles. The molecule has 0 amide bonds. The molecule has 0 bridgehead atoms. The van der Waals surface area contributed by atoms with Crippen LogP contribution in [-0.2, 0) is 6.42 Å². The Hall–Kier alpha value is 0.1000. The second-order valence-corrected chi connectivity index (χ2v) is 6.89. The molecule has 0 aromatic heterocycles. The molecule has 0 atom stereocenters. The van der Waals surface area contributed by atoms with E-state index in [9.17, 15) is 4.79 Å². The van der Waals surface area contributed by atoms with E-state index < -0.39 is 0 Å². The molecule has 1 fully saturated rings. The van der Waals surface area contributed by atoms with Gasteiger partial charge in [-0.15, -0.1) is 0 Å². The van der Waals surface area contributed by atoms with Gasteiger partial charge in [-0.2, -0.15) is 0 Å². The highest BCUT2D eigenvalue weighted by molar-refractivity contribution is 14.1. The van der Waals surface area contributed by atoms with Crippen molar-refractivity contribution in [2.24, 2.45) is 5.41 Å². The van der Waals surface area contributed by atoms with E-state index in [0.717, 1.165) is 29.3 Å². The number of carbonyl (C=O) groups excluding carboxylic acids is 1. The topological polar surface area (TPSA) is 17.1 Å². The number of carbonyl (C=O) groups is 1. The van der Waals surface area contributed by atoms with E-state index in [1.165, 1.54) is 22.0 Å². The number of Topliss-reactive ketones (excluding diaryl/α,β-unsaturated/α-hetero) is 1. The molecule has 0 N–H and O–H groups in total. The van der Waals surface area contributed by atoms with Crippen molar-refractivity contribution >= 4 is 44.3 Å². The average Bonchev–Trinajstić information content (AvgIpc) is 2.83. The van der Waals surface area contributed by atoms with Gasteiger partial charge in [-0.25, -0.2) is 0 Å². The first-order chi connectivity index (χ1) is 7.64. The molecule has 1 nitrogen and oxygen atoms in total. The quantitative estimate of drug-likeness (QED) is 0.602. The van der Waals surface area contributed by atoms with Crippen LogP contribution in [0.4, 0.5) is 0 Å². The molecule has 3 rings (SSSR count). The standard InChI is InChI=1S/C13H12BrIO/c14-9-3-4-10(15)8-7-13(5-1-2-6-13)12(16)11(8)9/h3-4H,1-2,5-7H2. The monoisotopic (exact) mass is 390 g/mol. The summed E-state index contributed by atoms with van der Waals surface area (Å²) in [5, 5.41) is 0. The van der Waals surface area contributed by atoms with Gasteiger partial charge in [0.2, 0.25) is 0 Å². The summed E-state index contributed by atoms with van der Waals surface area (Å²) in [5.74, 6) is 0.394. The van der Waals surface area contributed by atoms with E-state index >= 15 is 0 Å². The molecule has 0 unspecified atom stereocenters. The Balaban J connectivity index is 2.17. The highest BCUT2D eigenvalue weighted by atomic mass is 127. The highest BCUT2D eigenvalue weighted by Crippen LogP contribution is 2.50. The number of hydrogen-bond acceptors (Lipinski definition) is 1. The normalized spacial score (nSPS) is 21.8. The van der Waals surface area contributed by atoms with Gasteiger partial charge in [0, 0.05) is 19.0 Å². The van der Waals surface area contributed by atoms with Crippen molar-refractivity contribution in [1.29, 1.82) is 0 Å². The Morgan fingerprint density at radius 3 is 2.56 bits per heavy atom. The fourth-order valence-electron chi connectivity index (χ4n) is 3.15. The maximum absolute atomic E-state index is 12.6. The molecule has 0 aliphatic heterocycles. The smallest absolute Gasteiger partial charge is 0.170 e. The second-order valence-electron chi connectivity index (χ2n) is 4.88. The van der Waals surface area contributed by atoms with Crippen molar-refractivity contribution in [2.45, 2.75) is 32.1 Å². The first-order valence-electron chi connectivity index (χ1n) is 5.66. The van der Waals surface area contributed by atoms with Crippen LogP contribution in [0.25, 0.3) is 0 Å². The van der Waals surface area contributed by atoms with Crippen LogP contribution in [0.3, 0.4) is 0 Å². The SMILES string of the molecule is O=C1c2c(Br)ccc(I)c2CC12CCCC2. The summed E-state index contributed by atoms with van der Waals surface area (Å²) in [7, 11) is 0. The van der Waals surface area contributed by atoms with Crippen LogP contribution in [0.2, 0.25) is 0 Å². The first-order valence-corrected chi connectivity index (χ1v) is 7.53. The van der Waals surface area contributed by atoms with E-state index in [0.29, 0.717) is 5.78 Å². The summed E-state index contributed by atoms with van der Waals surface area (Å²) in [6.07, 6.45) is 5.58. The van der Waals surface area contributed by atoms with Gasteiger partial charge in [0.25, 0.3) is 0 Å². The summed E-state index contributed by atoms with van der Waals surface area (Å²) in [6, 6.07) is 4.11. The van der Waals surface area contributed by atoms with E-state index in [-0.39, 0.29) is 5.41 Å². The third-order valence-electron chi connectivity index (χ3n) is 3.99. The summed E-state index contributed by atoms with van der Waals surface area (Å²) in [4.78, 5) is 12.6. The molecule has 2 aliphatic rings. The van der Waals surface area contributed by atoms with Crippen LogP contribution in [0.1, 0.15) is 41.6 Å². The van der Waals surface area contributed by atoms with Gasteiger partial charge < -0.3 is 0 Å². The minimum atomic E-state index is -0.0356. The lowest BCUT2D eigenvalue weighted by atomic mass is 9.82. The third kappa shape index (κ3) is 1.43. The van der Waals surface area contributed by atoms with Gasteiger partial charge in [-0.3, -0.25) is 4.79 Å². The van der Waals surface area contributed by atoms with Gasteiger partial charge in [0.15, 0.2) is 5.78 Å². The van der Waals surface area contributed by atoms with Gasteiger partial charge in [-0.1, -0.05) is 28.8 Å². The average molecular weight is 391 g/mol. The Labute approximate surface area is 117 Å². The number of fused-ring (bicyclic) bond motifs is 1. The summed E-state index contributed by atoms with van der Waals surface area (Å²) >= 11 is 5.88. The van der Waals surface area contributed by atoms with Crippen LogP contribution in [0, 0.1) is 8.99 Å². The zero-order valence-electron chi connectivity index (χ0n) is 8.85. The molecule has 1 saturated carbocycles. The predicted octanol–water partition coefficient (Wildman–Crippen LogP) is 4.35. The molecule has 84 valence electrons. The Morgan fingerprint density at radius 2 is 1.94 bits per heavy atom. The highest BCUT2D eigenvalue weighted by Gasteiger charge is 2.48. The number of ketones is 1. The molecule has 1 spiro atoms. The van der Waals surface area contributed by atoms with Crippen molar-refractivity contribution in [3.8, 4) is 0 Å². The second kappa shape index (κ2) is 3.80. The maximum Gasteiger partial charge on any atom is 0.170 e. The van der Waals surface area contributed by atoms with E-state index in [2.05, 4.69) is 44.6 Å². The zero-order valence-corrected chi connectivity index (χ0v) is 12.6. The molecular weight excluding hydrogens is 379 g/mol. The van der Waals surface area contributed by atoms with Crippen LogP contribution in [0.15, 0.2) is 16.6 Å². The lowest BCUT2D eigenvalue weighted by Crippen LogP contribution is -2.23. The van der Waals surface area contributed by atoms with E-state index in [1.807, 2.05) is 6.07 Å². The van der Waals surface area contributed by atoms with Crippen molar-refractivity contribution in [1.82, 2.24) is 0 Å². The van der Waals surface area contributed by atoms with Crippen molar-refractivity contribution < 1.29 is 4.79 Å². The fraction of sp³-hybridized carbons (Fsp3) is 0.462. The molecule has 1 aromatic carbocycles. The van der Waals surface area contributed by atoms with Gasteiger partial charge in [0.1, 0.15) is 0 Å². The number of benzene rings is 1. The number of hydrogen-bond donors (Lipinski definition) is 0. The molecule has 0 saturated heterocycles. The Morgan fingerprint density at radius 1 is 1.25 bits per heavy atom. The van der Waals surface area contributed by atoms with Gasteiger partial charge in [-0.05, 0) is 59.5 Å². The van der Waals surface area contributed by atoms with Crippen LogP contribution in [-0.4, -0.2) is 5.78 Å². The minimum Gasteiger partial charge on any atom is -0.293 e. The van der Waals surface area contributed by atoms with Gasteiger partial charge >= 0.3 is 0 Å². The number of halogens is 2. The lowest BCUT2D eigenvalue weighted by Gasteiger charge is -2.19. The molecule has 3 heteroatoms. The predicted molar refractivity (Wildman–Crippen MR) is 75.8 cm³/mol. The third-order valence-corrected chi connectivity index (χ3v) is 5.66. The van der Waals surface area contributed by atoms with Crippen molar-refractivity contribution in [3.63, 3.8) is 0 Å². The Bertz CT molecular complexity index is 475. The Kier molecular flexibility index (Phi) is 2.66. The minimum absolute atomic E-state index is 0.0356. The summed E-state index contributed by atoms with van der Waals surface area (Å²) < 4.78 is 2.23. The summed E-state index contributed by atoms with van der Waals surface area (Å²) in [5.41, 5.74) is 2.21. The molecule has 0 radical (unpaired) electrons.